The number of carbonyl (C=O) groups is 2. The Labute approximate surface area is 148 Å². The number of likely N-dealkylation sites (tertiary alicyclic amines) is 1. The molecule has 0 spiro atoms. The van der Waals surface area contributed by atoms with Crippen molar-refractivity contribution in [1.82, 2.24) is 10.2 Å². The van der Waals surface area contributed by atoms with Crippen LogP contribution in [0.4, 0.5) is 0 Å². The molecule has 1 unspecified atom stereocenters. The van der Waals surface area contributed by atoms with Crippen molar-refractivity contribution in [2.45, 2.75) is 32.2 Å². The quantitative estimate of drug-likeness (QED) is 0.923. The molecule has 1 aliphatic heterocycles. The van der Waals surface area contributed by atoms with Gasteiger partial charge in [0.15, 0.2) is 0 Å². The van der Waals surface area contributed by atoms with E-state index in [-0.39, 0.29) is 17.9 Å². The van der Waals surface area contributed by atoms with Crippen LogP contribution in [0, 0.1) is 0 Å². The molecule has 0 aliphatic carbocycles. The van der Waals surface area contributed by atoms with E-state index in [4.69, 9.17) is 0 Å². The van der Waals surface area contributed by atoms with Crippen molar-refractivity contribution < 1.29 is 9.59 Å². The van der Waals surface area contributed by atoms with Gasteiger partial charge in [-0.25, -0.2) is 0 Å². The molecule has 2 aromatic rings. The number of piperidine rings is 1. The maximum Gasteiger partial charge on any atom is 0.253 e. The topological polar surface area (TPSA) is 49.4 Å². The zero-order chi connectivity index (χ0) is 17.6. The molecule has 1 heterocycles. The van der Waals surface area contributed by atoms with Crippen molar-refractivity contribution >= 4 is 11.8 Å². The van der Waals surface area contributed by atoms with Crippen molar-refractivity contribution in [1.29, 1.82) is 0 Å². The van der Waals surface area contributed by atoms with E-state index in [9.17, 15) is 9.59 Å². The summed E-state index contributed by atoms with van der Waals surface area (Å²) in [7, 11) is 0. The minimum Gasteiger partial charge on any atom is -0.346 e. The van der Waals surface area contributed by atoms with Crippen LogP contribution in [0.2, 0.25) is 0 Å². The van der Waals surface area contributed by atoms with Gasteiger partial charge in [-0.05, 0) is 49.9 Å². The van der Waals surface area contributed by atoms with Crippen LogP contribution in [0.25, 0.3) is 0 Å². The van der Waals surface area contributed by atoms with Gasteiger partial charge in [0.25, 0.3) is 11.8 Å². The molecular weight excluding hydrogens is 312 g/mol. The van der Waals surface area contributed by atoms with Crippen molar-refractivity contribution in [3.63, 3.8) is 0 Å². The largest absolute Gasteiger partial charge is 0.346 e. The molecular formula is C21H24N2O2. The summed E-state index contributed by atoms with van der Waals surface area (Å²) in [6, 6.07) is 16.8. The van der Waals surface area contributed by atoms with Crippen molar-refractivity contribution in [2.75, 3.05) is 13.1 Å². The van der Waals surface area contributed by atoms with Crippen molar-refractivity contribution in [3.8, 4) is 0 Å². The van der Waals surface area contributed by atoms with Crippen molar-refractivity contribution in [3.05, 3.63) is 71.3 Å². The Morgan fingerprint density at radius 1 is 0.920 bits per heavy atom. The fraction of sp³-hybridized carbons (Fsp3) is 0.333. The summed E-state index contributed by atoms with van der Waals surface area (Å²) < 4.78 is 0. The maximum absolute atomic E-state index is 12.6. The smallest absolute Gasteiger partial charge is 0.253 e. The second-order valence-corrected chi connectivity index (χ2v) is 6.54. The lowest BCUT2D eigenvalue weighted by Crippen LogP contribution is -2.35. The molecule has 1 saturated heterocycles. The molecule has 3 rings (SSSR count). The Morgan fingerprint density at radius 2 is 1.60 bits per heavy atom. The maximum atomic E-state index is 12.6. The SMILES string of the molecule is CC(NC(=O)c1cccc(C(=O)N2CCCCC2)c1)c1ccccc1. The first kappa shape index (κ1) is 17.2. The molecule has 2 amide bonds. The number of rotatable bonds is 4. The van der Waals surface area contributed by atoms with E-state index >= 15 is 0 Å². The fourth-order valence-corrected chi connectivity index (χ4v) is 3.18. The molecule has 1 fully saturated rings. The van der Waals surface area contributed by atoms with Crippen LogP contribution < -0.4 is 5.32 Å². The third kappa shape index (κ3) is 4.27. The van der Waals surface area contributed by atoms with Gasteiger partial charge < -0.3 is 10.2 Å². The first-order valence-electron chi connectivity index (χ1n) is 8.90. The number of hydrogen-bond acceptors (Lipinski definition) is 2. The molecule has 0 aromatic heterocycles. The highest BCUT2D eigenvalue weighted by Gasteiger charge is 2.19. The Balaban J connectivity index is 1.70. The van der Waals surface area contributed by atoms with Gasteiger partial charge in [-0.1, -0.05) is 36.4 Å². The lowest BCUT2D eigenvalue weighted by molar-refractivity contribution is 0.0724. The monoisotopic (exact) mass is 336 g/mol. The molecule has 4 nitrogen and oxygen atoms in total. The average molecular weight is 336 g/mol. The van der Waals surface area contributed by atoms with Gasteiger partial charge in [-0.3, -0.25) is 9.59 Å². The molecule has 25 heavy (non-hydrogen) atoms. The predicted molar refractivity (Wildman–Crippen MR) is 98.5 cm³/mol. The van der Waals surface area contributed by atoms with E-state index in [1.165, 1.54) is 6.42 Å². The summed E-state index contributed by atoms with van der Waals surface area (Å²) in [5.41, 5.74) is 2.16. The Kier molecular flexibility index (Phi) is 5.49. The molecule has 1 atom stereocenters. The van der Waals surface area contributed by atoms with Gasteiger partial charge in [-0.2, -0.15) is 0 Å². The van der Waals surface area contributed by atoms with Crippen LogP contribution in [0.15, 0.2) is 54.6 Å². The standard InChI is InChI=1S/C21H24N2O2/c1-16(17-9-4-2-5-10-17)22-20(24)18-11-8-12-19(15-18)21(25)23-13-6-3-7-14-23/h2,4-5,8-12,15-16H,3,6-7,13-14H2,1H3,(H,22,24). The van der Waals surface area contributed by atoms with E-state index in [0.29, 0.717) is 11.1 Å². The number of nitrogens with one attached hydrogen (secondary N) is 1. The minimum absolute atomic E-state index is 0.0189. The van der Waals surface area contributed by atoms with Crippen LogP contribution in [-0.2, 0) is 0 Å². The van der Waals surface area contributed by atoms with Gasteiger partial charge in [0, 0.05) is 24.2 Å². The molecule has 0 radical (unpaired) electrons. The summed E-state index contributed by atoms with van der Waals surface area (Å²) >= 11 is 0. The van der Waals surface area contributed by atoms with Gasteiger partial charge in [0.2, 0.25) is 0 Å². The second-order valence-electron chi connectivity index (χ2n) is 6.54. The number of nitrogens with zero attached hydrogens (tertiary/aromatic N) is 1. The van der Waals surface area contributed by atoms with E-state index in [1.807, 2.05) is 42.2 Å². The molecule has 1 aliphatic rings. The average Bonchev–Trinajstić information content (AvgIpc) is 2.68. The first-order chi connectivity index (χ1) is 12.1. The number of hydrogen-bond donors (Lipinski definition) is 1. The van der Waals surface area contributed by atoms with E-state index in [1.54, 1.807) is 24.3 Å². The Morgan fingerprint density at radius 3 is 2.32 bits per heavy atom. The zero-order valence-corrected chi connectivity index (χ0v) is 14.6. The number of carbonyl (C=O) groups excluding carboxylic acids is 2. The number of amides is 2. The number of benzene rings is 2. The summed E-state index contributed by atoms with van der Waals surface area (Å²) in [4.78, 5) is 27.0. The van der Waals surface area contributed by atoms with Gasteiger partial charge in [0.05, 0.1) is 6.04 Å². The summed E-state index contributed by atoms with van der Waals surface area (Å²) in [5, 5.41) is 2.99. The molecule has 1 N–H and O–H groups in total. The van der Waals surface area contributed by atoms with Gasteiger partial charge >= 0.3 is 0 Å². The first-order valence-corrected chi connectivity index (χ1v) is 8.90. The molecule has 2 aromatic carbocycles. The van der Waals surface area contributed by atoms with E-state index < -0.39 is 0 Å². The van der Waals surface area contributed by atoms with Crippen LogP contribution in [-0.4, -0.2) is 29.8 Å². The molecule has 0 bridgehead atoms. The lowest BCUT2D eigenvalue weighted by atomic mass is 10.1. The molecule has 0 saturated carbocycles. The van der Waals surface area contributed by atoms with Gasteiger partial charge in [0.1, 0.15) is 0 Å². The Hall–Kier alpha value is -2.62. The third-order valence-electron chi connectivity index (χ3n) is 4.66. The highest BCUT2D eigenvalue weighted by molar-refractivity contribution is 5.99. The molecule has 130 valence electrons. The highest BCUT2D eigenvalue weighted by atomic mass is 16.2. The highest BCUT2D eigenvalue weighted by Crippen LogP contribution is 2.16. The van der Waals surface area contributed by atoms with E-state index in [0.717, 1.165) is 31.5 Å². The fourth-order valence-electron chi connectivity index (χ4n) is 3.18. The van der Waals surface area contributed by atoms with Gasteiger partial charge in [-0.15, -0.1) is 0 Å². The summed E-state index contributed by atoms with van der Waals surface area (Å²) in [6.07, 6.45) is 3.30. The lowest BCUT2D eigenvalue weighted by Gasteiger charge is -2.26. The van der Waals surface area contributed by atoms with Crippen LogP contribution in [0.1, 0.15) is 58.5 Å². The van der Waals surface area contributed by atoms with Crippen LogP contribution in [0.5, 0.6) is 0 Å². The normalized spacial score (nSPS) is 15.5. The Bertz CT molecular complexity index is 737. The van der Waals surface area contributed by atoms with Crippen LogP contribution >= 0.6 is 0 Å². The second kappa shape index (κ2) is 7.97. The summed E-state index contributed by atoms with van der Waals surface area (Å²) in [5.74, 6) is -0.143. The summed E-state index contributed by atoms with van der Waals surface area (Å²) in [6.45, 7) is 3.57. The minimum atomic E-state index is -0.162. The van der Waals surface area contributed by atoms with Crippen LogP contribution in [0.3, 0.4) is 0 Å². The predicted octanol–water partition coefficient (Wildman–Crippen LogP) is 3.80. The third-order valence-corrected chi connectivity index (χ3v) is 4.66. The van der Waals surface area contributed by atoms with E-state index in [2.05, 4.69) is 5.32 Å². The van der Waals surface area contributed by atoms with Crippen molar-refractivity contribution in [2.24, 2.45) is 0 Å². The molecule has 4 heteroatoms. The zero-order valence-electron chi connectivity index (χ0n) is 14.6.